The molecule has 0 aliphatic heterocycles. The average molecular weight is 312 g/mol. The minimum Gasteiger partial charge on any atom is -0.354 e. The molecule has 1 aromatic carbocycles. The second kappa shape index (κ2) is 7.49. The highest BCUT2D eigenvalue weighted by molar-refractivity contribution is 6.04. The molecule has 23 heavy (non-hydrogen) atoms. The van der Waals surface area contributed by atoms with Gasteiger partial charge in [0.15, 0.2) is 5.78 Å². The molecule has 0 radical (unpaired) electrons. The van der Waals surface area contributed by atoms with E-state index >= 15 is 0 Å². The van der Waals surface area contributed by atoms with Gasteiger partial charge in [0, 0.05) is 24.0 Å². The maximum absolute atomic E-state index is 12.3. The normalized spacial score (nSPS) is 10.4. The van der Waals surface area contributed by atoms with Crippen LogP contribution in [0, 0.1) is 5.92 Å². The number of hydrogen-bond acceptors (Lipinski definition) is 5. The van der Waals surface area contributed by atoms with E-state index in [1.54, 1.807) is 30.3 Å². The van der Waals surface area contributed by atoms with Gasteiger partial charge in [0.25, 0.3) is 5.91 Å². The number of nitrogens with zero attached hydrogens (tertiary/aromatic N) is 2. The molecular weight excluding hydrogens is 292 g/mol. The molecule has 2 aromatic rings. The van der Waals surface area contributed by atoms with Gasteiger partial charge in [-0.25, -0.2) is 9.97 Å². The summed E-state index contributed by atoms with van der Waals surface area (Å²) in [6, 6.07) is 8.34. The second-order valence-electron chi connectivity index (χ2n) is 5.63. The fourth-order valence-corrected chi connectivity index (χ4v) is 1.88. The molecule has 120 valence electrons. The van der Waals surface area contributed by atoms with Crippen LogP contribution in [0.1, 0.15) is 41.6 Å². The molecule has 0 aliphatic rings. The summed E-state index contributed by atoms with van der Waals surface area (Å²) in [6.45, 7) is 6.36. The van der Waals surface area contributed by atoms with Crippen LogP contribution in [0.25, 0.3) is 0 Å². The number of ketones is 1. The third kappa shape index (κ3) is 4.88. The predicted octanol–water partition coefficient (Wildman–Crippen LogP) is 3.00. The minimum absolute atomic E-state index is 0.0525. The van der Waals surface area contributed by atoms with Gasteiger partial charge in [0.2, 0.25) is 5.95 Å². The number of carbonyl (C=O) groups excluding carboxylic acids is 2. The molecule has 0 unspecified atom stereocenters. The Kier molecular flexibility index (Phi) is 5.41. The van der Waals surface area contributed by atoms with Crippen LogP contribution in [0.4, 0.5) is 11.6 Å². The van der Waals surface area contributed by atoms with Crippen LogP contribution in [-0.4, -0.2) is 28.2 Å². The average Bonchev–Trinajstić information content (AvgIpc) is 2.53. The van der Waals surface area contributed by atoms with Gasteiger partial charge in [-0.05, 0) is 31.0 Å². The predicted molar refractivity (Wildman–Crippen MR) is 89.8 cm³/mol. The molecule has 0 fully saturated rings. The van der Waals surface area contributed by atoms with E-state index < -0.39 is 0 Å². The number of aromatic nitrogens is 2. The molecule has 0 saturated heterocycles. The van der Waals surface area contributed by atoms with E-state index in [4.69, 9.17) is 0 Å². The number of hydrogen-bond donors (Lipinski definition) is 2. The van der Waals surface area contributed by atoms with Crippen LogP contribution in [-0.2, 0) is 0 Å². The highest BCUT2D eigenvalue weighted by atomic mass is 16.2. The Morgan fingerprint density at radius 1 is 1.22 bits per heavy atom. The van der Waals surface area contributed by atoms with Crippen molar-refractivity contribution >= 4 is 23.3 Å². The molecule has 2 rings (SSSR count). The van der Waals surface area contributed by atoms with Crippen molar-refractivity contribution in [2.45, 2.75) is 20.8 Å². The molecule has 0 atom stereocenters. The number of carbonyl (C=O) groups is 2. The van der Waals surface area contributed by atoms with Crippen molar-refractivity contribution in [3.8, 4) is 0 Å². The number of anilines is 2. The zero-order valence-electron chi connectivity index (χ0n) is 13.5. The molecule has 6 heteroatoms. The minimum atomic E-state index is -0.347. The SMILES string of the molecule is CC(=O)c1cccc(NC(=O)c2ccnc(NCC(C)C)n2)c1. The second-order valence-corrected chi connectivity index (χ2v) is 5.63. The standard InChI is InChI=1S/C17H20N4O2/c1-11(2)10-19-17-18-8-7-15(21-17)16(23)20-14-6-4-5-13(9-14)12(3)22/h4-9,11H,10H2,1-3H3,(H,20,23)(H,18,19,21). The third-order valence-corrected chi connectivity index (χ3v) is 3.08. The lowest BCUT2D eigenvalue weighted by Crippen LogP contribution is -2.16. The third-order valence-electron chi connectivity index (χ3n) is 3.08. The fourth-order valence-electron chi connectivity index (χ4n) is 1.88. The van der Waals surface area contributed by atoms with Crippen molar-refractivity contribution < 1.29 is 9.59 Å². The number of nitrogens with one attached hydrogen (secondary N) is 2. The van der Waals surface area contributed by atoms with Crippen LogP contribution in [0.2, 0.25) is 0 Å². The van der Waals surface area contributed by atoms with E-state index in [1.165, 1.54) is 13.1 Å². The van der Waals surface area contributed by atoms with Gasteiger partial charge in [-0.2, -0.15) is 0 Å². The lowest BCUT2D eigenvalue weighted by molar-refractivity contribution is 0.100. The highest BCUT2D eigenvalue weighted by Gasteiger charge is 2.10. The van der Waals surface area contributed by atoms with Crippen LogP contribution < -0.4 is 10.6 Å². The number of rotatable bonds is 6. The van der Waals surface area contributed by atoms with Gasteiger partial charge in [-0.3, -0.25) is 9.59 Å². The van der Waals surface area contributed by atoms with Crippen molar-refractivity contribution in [2.75, 3.05) is 17.2 Å². The number of amides is 1. The van der Waals surface area contributed by atoms with Gasteiger partial charge in [0.05, 0.1) is 0 Å². The van der Waals surface area contributed by atoms with Crippen molar-refractivity contribution in [1.29, 1.82) is 0 Å². The first-order chi connectivity index (χ1) is 11.0. The van der Waals surface area contributed by atoms with E-state index in [2.05, 4.69) is 34.4 Å². The molecule has 0 saturated carbocycles. The van der Waals surface area contributed by atoms with Gasteiger partial charge < -0.3 is 10.6 Å². The maximum atomic E-state index is 12.3. The molecule has 1 aromatic heterocycles. The summed E-state index contributed by atoms with van der Waals surface area (Å²) in [5.74, 6) is 0.471. The molecule has 6 nitrogen and oxygen atoms in total. The van der Waals surface area contributed by atoms with E-state index in [9.17, 15) is 9.59 Å². The first-order valence-electron chi connectivity index (χ1n) is 7.45. The smallest absolute Gasteiger partial charge is 0.274 e. The van der Waals surface area contributed by atoms with Crippen LogP contribution >= 0.6 is 0 Å². The Bertz CT molecular complexity index is 713. The van der Waals surface area contributed by atoms with E-state index in [1.807, 2.05) is 0 Å². The Morgan fingerprint density at radius 2 is 2.00 bits per heavy atom. The summed E-state index contributed by atoms with van der Waals surface area (Å²) in [5, 5.41) is 5.82. The summed E-state index contributed by atoms with van der Waals surface area (Å²) < 4.78 is 0. The van der Waals surface area contributed by atoms with Gasteiger partial charge in [0.1, 0.15) is 5.69 Å². The summed E-state index contributed by atoms with van der Waals surface area (Å²) in [7, 11) is 0. The van der Waals surface area contributed by atoms with Crippen LogP contribution in [0.15, 0.2) is 36.5 Å². The molecule has 1 amide bonds. The molecule has 0 spiro atoms. The van der Waals surface area contributed by atoms with E-state index in [-0.39, 0.29) is 17.4 Å². The summed E-state index contributed by atoms with van der Waals surface area (Å²) in [4.78, 5) is 31.9. The van der Waals surface area contributed by atoms with Gasteiger partial charge in [-0.15, -0.1) is 0 Å². The van der Waals surface area contributed by atoms with Crippen LogP contribution in [0.5, 0.6) is 0 Å². The first-order valence-corrected chi connectivity index (χ1v) is 7.45. The zero-order chi connectivity index (χ0) is 16.8. The first kappa shape index (κ1) is 16.6. The van der Waals surface area contributed by atoms with Crippen molar-refractivity contribution in [2.24, 2.45) is 5.92 Å². The van der Waals surface area contributed by atoms with Crippen molar-refractivity contribution in [1.82, 2.24) is 9.97 Å². The number of Topliss-reactive ketones (excluding diaryl/α,β-unsaturated/α-hetero) is 1. The van der Waals surface area contributed by atoms with Crippen molar-refractivity contribution in [3.63, 3.8) is 0 Å². The summed E-state index contributed by atoms with van der Waals surface area (Å²) in [6.07, 6.45) is 1.54. The topological polar surface area (TPSA) is 84.0 Å². The highest BCUT2D eigenvalue weighted by Crippen LogP contribution is 2.12. The Balaban J connectivity index is 2.10. The van der Waals surface area contributed by atoms with E-state index in [0.29, 0.717) is 23.1 Å². The van der Waals surface area contributed by atoms with Gasteiger partial charge in [-0.1, -0.05) is 26.0 Å². The summed E-state index contributed by atoms with van der Waals surface area (Å²) >= 11 is 0. The molecule has 0 aliphatic carbocycles. The summed E-state index contributed by atoms with van der Waals surface area (Å²) in [5.41, 5.74) is 1.36. The number of benzene rings is 1. The zero-order valence-corrected chi connectivity index (χ0v) is 13.5. The Labute approximate surface area is 135 Å². The lowest BCUT2D eigenvalue weighted by Gasteiger charge is -2.09. The van der Waals surface area contributed by atoms with E-state index in [0.717, 1.165) is 6.54 Å². The molecule has 1 heterocycles. The lowest BCUT2D eigenvalue weighted by atomic mass is 10.1. The van der Waals surface area contributed by atoms with Gasteiger partial charge >= 0.3 is 0 Å². The Morgan fingerprint density at radius 3 is 2.70 bits per heavy atom. The monoisotopic (exact) mass is 312 g/mol. The van der Waals surface area contributed by atoms with Crippen LogP contribution in [0.3, 0.4) is 0 Å². The maximum Gasteiger partial charge on any atom is 0.274 e. The fraction of sp³-hybridized carbons (Fsp3) is 0.294. The molecule has 2 N–H and O–H groups in total. The Hall–Kier alpha value is -2.76. The molecular formula is C17H20N4O2. The largest absolute Gasteiger partial charge is 0.354 e. The molecule has 0 bridgehead atoms. The van der Waals surface area contributed by atoms with Crippen molar-refractivity contribution in [3.05, 3.63) is 47.8 Å². The quantitative estimate of drug-likeness (QED) is 0.801.